The van der Waals surface area contributed by atoms with E-state index in [4.69, 9.17) is 10.5 Å². The fourth-order valence-corrected chi connectivity index (χ4v) is 4.78. The second kappa shape index (κ2) is 8.47. The van der Waals surface area contributed by atoms with Crippen LogP contribution in [0.1, 0.15) is 5.56 Å². The molecule has 4 N–H and O–H groups in total. The lowest BCUT2D eigenvalue weighted by atomic mass is 10.1. The van der Waals surface area contributed by atoms with Crippen molar-refractivity contribution in [1.82, 2.24) is 4.57 Å². The maximum atomic E-state index is 13.3. The Morgan fingerprint density at radius 1 is 0.879 bits per heavy atom. The highest BCUT2D eigenvalue weighted by Gasteiger charge is 2.25. The van der Waals surface area contributed by atoms with Crippen molar-refractivity contribution in [3.05, 3.63) is 82.6 Å². The standard InChI is InChI=1S/C22H17NO9S/c24-14-5-7-15(8-6-14)33(29,30)21-12-23(11-13-3-1-2-4-18(13)25)17-10-20(32-28)19(31-27)9-16(17)22(21)26/h1-10,12,24-25,27-28H,11H2. The van der Waals surface area contributed by atoms with Crippen LogP contribution in [0.2, 0.25) is 0 Å². The molecule has 170 valence electrons. The number of benzene rings is 3. The Morgan fingerprint density at radius 3 is 2.15 bits per heavy atom. The molecule has 0 radical (unpaired) electrons. The summed E-state index contributed by atoms with van der Waals surface area (Å²) in [7, 11) is -4.33. The molecule has 0 bridgehead atoms. The molecule has 3 aromatic carbocycles. The number of para-hydroxylation sites is 1. The maximum absolute atomic E-state index is 13.3. The summed E-state index contributed by atoms with van der Waals surface area (Å²) in [5, 5.41) is 37.7. The summed E-state index contributed by atoms with van der Waals surface area (Å²) in [6.45, 7) is -0.0499. The van der Waals surface area contributed by atoms with E-state index in [0.29, 0.717) is 5.56 Å². The van der Waals surface area contributed by atoms with E-state index >= 15 is 0 Å². The number of phenolic OH excluding ortho intramolecular Hbond substituents is 2. The minimum Gasteiger partial charge on any atom is -0.508 e. The summed E-state index contributed by atoms with van der Waals surface area (Å²) in [6, 6.07) is 13.2. The van der Waals surface area contributed by atoms with Crippen LogP contribution in [0.15, 0.2) is 81.4 Å². The molecule has 0 spiro atoms. The van der Waals surface area contributed by atoms with Gasteiger partial charge in [0.15, 0.2) is 0 Å². The molecule has 0 saturated heterocycles. The zero-order valence-corrected chi connectivity index (χ0v) is 17.6. The summed E-state index contributed by atoms with van der Waals surface area (Å²) >= 11 is 0. The van der Waals surface area contributed by atoms with Gasteiger partial charge in [0.05, 0.1) is 22.3 Å². The molecule has 0 aliphatic heterocycles. The molecule has 0 aliphatic carbocycles. The van der Waals surface area contributed by atoms with Gasteiger partial charge in [-0.25, -0.2) is 18.9 Å². The van der Waals surface area contributed by atoms with Crippen molar-refractivity contribution >= 4 is 20.7 Å². The first-order valence-corrected chi connectivity index (χ1v) is 10.9. The van der Waals surface area contributed by atoms with Gasteiger partial charge >= 0.3 is 0 Å². The molecule has 0 aliphatic rings. The van der Waals surface area contributed by atoms with E-state index in [1.165, 1.54) is 28.8 Å². The first-order valence-electron chi connectivity index (χ1n) is 9.41. The maximum Gasteiger partial charge on any atom is 0.213 e. The number of aromatic nitrogens is 1. The molecular formula is C22H17NO9S. The molecular weight excluding hydrogens is 454 g/mol. The number of fused-ring (bicyclic) bond motifs is 1. The Kier molecular flexibility index (Phi) is 5.68. The van der Waals surface area contributed by atoms with Crippen LogP contribution in [0.3, 0.4) is 0 Å². The fourth-order valence-electron chi connectivity index (χ4n) is 3.42. The summed E-state index contributed by atoms with van der Waals surface area (Å²) in [6.07, 6.45) is 1.11. The van der Waals surface area contributed by atoms with Crippen LogP contribution in [0.25, 0.3) is 10.9 Å². The molecule has 0 unspecified atom stereocenters. The van der Waals surface area contributed by atoms with E-state index in [1.807, 2.05) is 0 Å². The van der Waals surface area contributed by atoms with Crippen molar-refractivity contribution in [1.29, 1.82) is 0 Å². The second-order valence-corrected chi connectivity index (χ2v) is 8.99. The number of nitrogens with zero attached hydrogens (tertiary/aromatic N) is 1. The first kappa shape index (κ1) is 22.1. The monoisotopic (exact) mass is 471 g/mol. The normalized spacial score (nSPS) is 11.5. The third-order valence-corrected chi connectivity index (χ3v) is 6.84. The summed E-state index contributed by atoms with van der Waals surface area (Å²) in [5.41, 5.74) is -0.337. The SMILES string of the molecule is O=c1c(S(=O)(=O)c2ccc(O)cc2)cn(Cc2ccccc2O)c2cc(OO)c(OO)cc12. The van der Waals surface area contributed by atoms with E-state index in [2.05, 4.69) is 9.78 Å². The zero-order chi connectivity index (χ0) is 23.8. The number of phenols is 2. The van der Waals surface area contributed by atoms with Gasteiger partial charge in [-0.15, -0.1) is 0 Å². The van der Waals surface area contributed by atoms with Crippen molar-refractivity contribution in [3.63, 3.8) is 0 Å². The molecule has 0 fully saturated rings. The third kappa shape index (κ3) is 3.96. The Balaban J connectivity index is 2.04. The molecule has 11 heteroatoms. The van der Waals surface area contributed by atoms with Crippen molar-refractivity contribution in [2.75, 3.05) is 0 Å². The molecule has 1 aromatic heterocycles. The van der Waals surface area contributed by atoms with Gasteiger partial charge in [0.25, 0.3) is 0 Å². The molecule has 4 aromatic rings. The molecule has 4 rings (SSSR count). The predicted molar refractivity (Wildman–Crippen MR) is 115 cm³/mol. The number of pyridine rings is 1. The largest absolute Gasteiger partial charge is 0.508 e. The van der Waals surface area contributed by atoms with Gasteiger partial charge in [-0.1, -0.05) is 18.2 Å². The van der Waals surface area contributed by atoms with Crippen molar-refractivity contribution in [2.24, 2.45) is 0 Å². The van der Waals surface area contributed by atoms with Crippen LogP contribution < -0.4 is 15.2 Å². The lowest BCUT2D eigenvalue weighted by molar-refractivity contribution is -0.164. The van der Waals surface area contributed by atoms with Crippen LogP contribution >= 0.6 is 0 Å². The Hall–Kier alpha value is -4.06. The third-order valence-electron chi connectivity index (χ3n) is 5.08. The van der Waals surface area contributed by atoms with E-state index in [-0.39, 0.29) is 39.6 Å². The number of rotatable bonds is 6. The highest BCUT2D eigenvalue weighted by Crippen LogP contribution is 2.33. The van der Waals surface area contributed by atoms with Crippen LogP contribution in [0.5, 0.6) is 23.0 Å². The van der Waals surface area contributed by atoms with Gasteiger partial charge < -0.3 is 24.6 Å². The molecule has 0 amide bonds. The van der Waals surface area contributed by atoms with E-state index in [0.717, 1.165) is 24.4 Å². The lowest BCUT2D eigenvalue weighted by Crippen LogP contribution is -2.20. The van der Waals surface area contributed by atoms with Gasteiger partial charge in [0, 0.05) is 23.9 Å². The fraction of sp³-hybridized carbons (Fsp3) is 0.0455. The molecule has 0 saturated carbocycles. The molecule has 1 heterocycles. The summed E-state index contributed by atoms with van der Waals surface area (Å²) < 4.78 is 27.9. The summed E-state index contributed by atoms with van der Waals surface area (Å²) in [5.74, 6) is -0.952. The van der Waals surface area contributed by atoms with Crippen LogP contribution in [0, 0.1) is 0 Å². The Bertz CT molecular complexity index is 1510. The minimum atomic E-state index is -4.33. The predicted octanol–water partition coefficient (Wildman–Crippen LogP) is 3.00. The number of aromatic hydroxyl groups is 2. The van der Waals surface area contributed by atoms with Crippen LogP contribution in [0.4, 0.5) is 0 Å². The van der Waals surface area contributed by atoms with Crippen LogP contribution in [-0.4, -0.2) is 33.7 Å². The van der Waals surface area contributed by atoms with Gasteiger partial charge in [-0.05, 0) is 30.3 Å². The smallest absolute Gasteiger partial charge is 0.213 e. The van der Waals surface area contributed by atoms with Gasteiger partial charge in [-0.3, -0.25) is 4.79 Å². The average molecular weight is 471 g/mol. The molecule has 10 nitrogen and oxygen atoms in total. The van der Waals surface area contributed by atoms with Crippen molar-refractivity contribution < 1.29 is 38.9 Å². The van der Waals surface area contributed by atoms with Crippen LogP contribution in [-0.2, 0) is 16.4 Å². The highest BCUT2D eigenvalue weighted by molar-refractivity contribution is 7.91. The Morgan fingerprint density at radius 2 is 1.52 bits per heavy atom. The number of hydrogen-bond donors (Lipinski definition) is 4. The van der Waals surface area contributed by atoms with Crippen molar-refractivity contribution in [3.8, 4) is 23.0 Å². The van der Waals surface area contributed by atoms with E-state index < -0.39 is 25.9 Å². The van der Waals surface area contributed by atoms with Gasteiger partial charge in [-0.2, -0.15) is 0 Å². The van der Waals surface area contributed by atoms with Gasteiger partial charge in [0.2, 0.25) is 26.8 Å². The average Bonchev–Trinajstić information content (AvgIpc) is 2.81. The van der Waals surface area contributed by atoms with Gasteiger partial charge in [0.1, 0.15) is 16.4 Å². The topological polar surface area (TPSA) is 156 Å². The van der Waals surface area contributed by atoms with Crippen molar-refractivity contribution in [2.45, 2.75) is 16.3 Å². The van der Waals surface area contributed by atoms with E-state index in [9.17, 15) is 23.4 Å². The van der Waals surface area contributed by atoms with E-state index in [1.54, 1.807) is 18.2 Å². The molecule has 33 heavy (non-hydrogen) atoms. The first-order chi connectivity index (χ1) is 15.8. The number of sulfone groups is 1. The quantitative estimate of drug-likeness (QED) is 0.245. The zero-order valence-electron chi connectivity index (χ0n) is 16.7. The Labute approximate surface area is 186 Å². The minimum absolute atomic E-state index is 0.0499. The second-order valence-electron chi connectivity index (χ2n) is 7.08. The lowest BCUT2D eigenvalue weighted by Gasteiger charge is -2.16. The molecule has 0 atom stereocenters. The number of hydrogen-bond acceptors (Lipinski definition) is 9. The summed E-state index contributed by atoms with van der Waals surface area (Å²) in [4.78, 5) is 20.8. The highest BCUT2D eigenvalue weighted by atomic mass is 32.2.